The van der Waals surface area contributed by atoms with Gasteiger partial charge in [0.25, 0.3) is 0 Å². The molecule has 0 unspecified atom stereocenters. The fraction of sp³-hybridized carbons (Fsp3) is 0.133. The molecule has 1 aromatic carbocycles. The van der Waals surface area contributed by atoms with Crippen LogP contribution in [0, 0.1) is 0 Å². The zero-order chi connectivity index (χ0) is 13.5. The summed E-state index contributed by atoms with van der Waals surface area (Å²) in [7, 11) is 1.61. The van der Waals surface area contributed by atoms with Crippen molar-refractivity contribution in [1.82, 2.24) is 5.32 Å². The zero-order valence-electron chi connectivity index (χ0n) is 10.6. The summed E-state index contributed by atoms with van der Waals surface area (Å²) in [6, 6.07) is 11.5. The van der Waals surface area contributed by atoms with Gasteiger partial charge < -0.3 is 10.1 Å². The summed E-state index contributed by atoms with van der Waals surface area (Å²) >= 11 is 1.63. The second-order valence-electron chi connectivity index (χ2n) is 3.87. The van der Waals surface area contributed by atoms with Crippen LogP contribution < -0.4 is 10.1 Å². The van der Waals surface area contributed by atoms with Gasteiger partial charge in [-0.1, -0.05) is 24.3 Å². The predicted molar refractivity (Wildman–Crippen MR) is 78.2 cm³/mol. The highest BCUT2D eigenvalue weighted by atomic mass is 32.1. The summed E-state index contributed by atoms with van der Waals surface area (Å²) in [6.45, 7) is 0.562. The number of hydrogen-bond acceptors (Lipinski definition) is 3. The molecule has 98 valence electrons. The fourth-order valence-electron chi connectivity index (χ4n) is 1.62. The van der Waals surface area contributed by atoms with E-state index < -0.39 is 0 Å². The maximum Gasteiger partial charge on any atom is 0.244 e. The van der Waals surface area contributed by atoms with Gasteiger partial charge in [-0.3, -0.25) is 4.79 Å². The molecule has 19 heavy (non-hydrogen) atoms. The third-order valence-corrected chi connectivity index (χ3v) is 3.45. The summed E-state index contributed by atoms with van der Waals surface area (Å²) in [4.78, 5) is 12.8. The number of para-hydroxylation sites is 1. The first kappa shape index (κ1) is 13.4. The number of thiophene rings is 1. The molecular formula is C15H15NO2S. The quantitative estimate of drug-likeness (QED) is 0.850. The van der Waals surface area contributed by atoms with E-state index in [0.717, 1.165) is 16.2 Å². The maximum absolute atomic E-state index is 11.7. The molecule has 0 aliphatic heterocycles. The lowest BCUT2D eigenvalue weighted by Gasteiger charge is -2.03. The molecule has 2 aromatic rings. The summed E-state index contributed by atoms with van der Waals surface area (Å²) in [5.41, 5.74) is 0.885. The Morgan fingerprint density at radius 1 is 1.32 bits per heavy atom. The van der Waals surface area contributed by atoms with Crippen LogP contribution in [0.1, 0.15) is 10.4 Å². The van der Waals surface area contributed by atoms with Crippen LogP contribution in [0.15, 0.2) is 47.9 Å². The van der Waals surface area contributed by atoms with Crippen molar-refractivity contribution in [2.75, 3.05) is 7.11 Å². The number of rotatable bonds is 5. The molecule has 1 heterocycles. The van der Waals surface area contributed by atoms with Gasteiger partial charge in [-0.05, 0) is 23.6 Å². The van der Waals surface area contributed by atoms with Gasteiger partial charge in [0.15, 0.2) is 0 Å². The van der Waals surface area contributed by atoms with E-state index in [4.69, 9.17) is 4.74 Å². The Morgan fingerprint density at radius 3 is 2.89 bits per heavy atom. The largest absolute Gasteiger partial charge is 0.496 e. The second kappa shape index (κ2) is 6.75. The molecule has 0 atom stereocenters. The van der Waals surface area contributed by atoms with Crippen LogP contribution in [-0.4, -0.2) is 13.0 Å². The number of carbonyl (C=O) groups excluding carboxylic acids is 1. The average molecular weight is 273 g/mol. The molecule has 1 aromatic heterocycles. The molecule has 0 aliphatic rings. The Balaban J connectivity index is 1.92. The van der Waals surface area contributed by atoms with Gasteiger partial charge in [-0.2, -0.15) is 0 Å². The summed E-state index contributed by atoms with van der Waals surface area (Å²) in [5, 5.41) is 4.83. The van der Waals surface area contributed by atoms with E-state index in [1.54, 1.807) is 24.5 Å². The van der Waals surface area contributed by atoms with Crippen LogP contribution in [-0.2, 0) is 11.3 Å². The minimum atomic E-state index is -0.112. The third-order valence-electron chi connectivity index (χ3n) is 2.57. The van der Waals surface area contributed by atoms with E-state index in [2.05, 4.69) is 5.32 Å². The topological polar surface area (TPSA) is 38.3 Å². The molecule has 0 aliphatic carbocycles. The molecule has 0 fully saturated rings. The van der Waals surface area contributed by atoms with Crippen LogP contribution in [0.25, 0.3) is 6.08 Å². The smallest absolute Gasteiger partial charge is 0.244 e. The Labute approximate surface area is 116 Å². The van der Waals surface area contributed by atoms with E-state index in [-0.39, 0.29) is 5.91 Å². The molecule has 1 amide bonds. The van der Waals surface area contributed by atoms with Gasteiger partial charge in [0.05, 0.1) is 13.7 Å². The Bertz CT molecular complexity index is 561. The highest BCUT2D eigenvalue weighted by Crippen LogP contribution is 2.18. The summed E-state index contributed by atoms with van der Waals surface area (Å²) in [5.74, 6) is 0.643. The summed E-state index contributed by atoms with van der Waals surface area (Å²) in [6.07, 6.45) is 3.27. The van der Waals surface area contributed by atoms with Crippen molar-refractivity contribution in [2.24, 2.45) is 0 Å². The van der Waals surface area contributed by atoms with Crippen molar-refractivity contribution in [3.05, 3.63) is 58.3 Å². The Kier molecular flexibility index (Phi) is 4.75. The molecular weight excluding hydrogens is 258 g/mol. The van der Waals surface area contributed by atoms with Crippen molar-refractivity contribution >= 4 is 23.3 Å². The van der Waals surface area contributed by atoms with Crippen molar-refractivity contribution in [3.63, 3.8) is 0 Å². The van der Waals surface area contributed by atoms with Crippen molar-refractivity contribution in [1.29, 1.82) is 0 Å². The van der Waals surface area contributed by atoms with E-state index in [1.807, 2.05) is 41.8 Å². The van der Waals surface area contributed by atoms with Gasteiger partial charge >= 0.3 is 0 Å². The number of amides is 1. The van der Waals surface area contributed by atoms with Crippen LogP contribution >= 0.6 is 11.3 Å². The number of carbonyl (C=O) groups is 1. The van der Waals surface area contributed by atoms with Crippen LogP contribution in [0.5, 0.6) is 5.75 Å². The van der Waals surface area contributed by atoms with Gasteiger partial charge in [-0.15, -0.1) is 11.3 Å². The number of hydrogen-bond donors (Lipinski definition) is 1. The lowest BCUT2D eigenvalue weighted by molar-refractivity contribution is -0.116. The fourth-order valence-corrected chi connectivity index (χ4v) is 2.26. The van der Waals surface area contributed by atoms with Crippen LogP contribution in [0.4, 0.5) is 0 Å². The van der Waals surface area contributed by atoms with E-state index in [1.165, 1.54) is 6.08 Å². The minimum absolute atomic E-state index is 0.112. The molecule has 4 heteroatoms. The normalized spacial score (nSPS) is 10.6. The molecule has 2 rings (SSSR count). The van der Waals surface area contributed by atoms with Gasteiger partial charge in [0, 0.05) is 16.5 Å². The third kappa shape index (κ3) is 3.96. The van der Waals surface area contributed by atoms with Gasteiger partial charge in [-0.25, -0.2) is 0 Å². The van der Waals surface area contributed by atoms with Gasteiger partial charge in [0.2, 0.25) is 5.91 Å². The summed E-state index contributed by atoms with van der Waals surface area (Å²) < 4.78 is 5.22. The van der Waals surface area contributed by atoms with E-state index in [9.17, 15) is 4.79 Å². The standard InChI is InChI=1S/C15H15NO2S/c1-18-14-7-3-2-5-12(14)8-9-15(17)16-11-13-6-4-10-19-13/h2-10H,11H2,1H3,(H,16,17)/b9-8+. The van der Waals surface area contributed by atoms with Gasteiger partial charge in [0.1, 0.15) is 5.75 Å². The SMILES string of the molecule is COc1ccccc1/C=C/C(=O)NCc1cccs1. The minimum Gasteiger partial charge on any atom is -0.496 e. The van der Waals surface area contributed by atoms with Crippen LogP contribution in [0.3, 0.4) is 0 Å². The second-order valence-corrected chi connectivity index (χ2v) is 4.90. The Hall–Kier alpha value is -2.07. The number of ether oxygens (including phenoxy) is 1. The first-order chi connectivity index (χ1) is 9.29. The lowest BCUT2D eigenvalue weighted by Crippen LogP contribution is -2.19. The Morgan fingerprint density at radius 2 is 2.16 bits per heavy atom. The average Bonchev–Trinajstić information content (AvgIpc) is 2.96. The van der Waals surface area contributed by atoms with Crippen molar-refractivity contribution < 1.29 is 9.53 Å². The zero-order valence-corrected chi connectivity index (χ0v) is 11.4. The number of nitrogens with one attached hydrogen (secondary N) is 1. The molecule has 0 bridgehead atoms. The van der Waals surface area contributed by atoms with E-state index >= 15 is 0 Å². The first-order valence-electron chi connectivity index (χ1n) is 5.91. The number of benzene rings is 1. The van der Waals surface area contributed by atoms with Crippen LogP contribution in [0.2, 0.25) is 0 Å². The molecule has 0 saturated carbocycles. The molecule has 1 N–H and O–H groups in total. The first-order valence-corrected chi connectivity index (χ1v) is 6.79. The maximum atomic E-state index is 11.7. The monoisotopic (exact) mass is 273 g/mol. The lowest BCUT2D eigenvalue weighted by atomic mass is 10.2. The molecule has 0 saturated heterocycles. The predicted octanol–water partition coefficient (Wildman–Crippen LogP) is 3.09. The molecule has 0 spiro atoms. The molecule has 0 radical (unpaired) electrons. The van der Waals surface area contributed by atoms with E-state index in [0.29, 0.717) is 6.54 Å². The highest BCUT2D eigenvalue weighted by Gasteiger charge is 2.00. The molecule has 3 nitrogen and oxygen atoms in total. The highest BCUT2D eigenvalue weighted by molar-refractivity contribution is 7.09. The number of methoxy groups -OCH3 is 1. The van der Waals surface area contributed by atoms with Crippen molar-refractivity contribution in [2.45, 2.75) is 6.54 Å². The van der Waals surface area contributed by atoms with Crippen molar-refractivity contribution in [3.8, 4) is 5.75 Å².